The number of nitrogens with one attached hydrogen (secondary N) is 1. The molecule has 1 nitrogen and oxygen atoms in total. The summed E-state index contributed by atoms with van der Waals surface area (Å²) < 4.78 is -0.219. The Morgan fingerprint density at radius 2 is 1.75 bits per heavy atom. The zero-order valence-corrected chi connectivity index (χ0v) is 14.5. The fourth-order valence-corrected chi connectivity index (χ4v) is 2.66. The lowest BCUT2D eigenvalue weighted by Crippen LogP contribution is -2.21. The molecule has 1 N–H and O–H groups in total. The highest BCUT2D eigenvalue weighted by atomic mass is 32.1. The molecule has 1 aliphatic heterocycles. The minimum Gasteiger partial charge on any atom is -0.359 e. The number of hydrogen-bond donors (Lipinski definition) is 2. The molecule has 0 aromatic carbocycles. The van der Waals surface area contributed by atoms with E-state index in [4.69, 9.17) is 12.6 Å². The van der Waals surface area contributed by atoms with Crippen molar-refractivity contribution in [2.75, 3.05) is 0 Å². The quantitative estimate of drug-likeness (QED) is 0.450. The Morgan fingerprint density at radius 1 is 1.10 bits per heavy atom. The predicted octanol–water partition coefficient (Wildman–Crippen LogP) is 5.39. The van der Waals surface area contributed by atoms with E-state index < -0.39 is 0 Å². The molecule has 1 atom stereocenters. The summed E-state index contributed by atoms with van der Waals surface area (Å²) in [6, 6.07) is 0. The second kappa shape index (κ2) is 6.71. The van der Waals surface area contributed by atoms with Gasteiger partial charge in [0, 0.05) is 21.6 Å². The highest BCUT2D eigenvalue weighted by molar-refractivity contribution is 7.82. The van der Waals surface area contributed by atoms with E-state index in [0.29, 0.717) is 0 Å². The minimum atomic E-state index is -0.219. The number of fused-ring (bicyclic) bond motifs is 1. The van der Waals surface area contributed by atoms with Gasteiger partial charge in [-0.15, -0.1) is 0 Å². The first-order chi connectivity index (χ1) is 9.27. The van der Waals surface area contributed by atoms with Gasteiger partial charge in [0.15, 0.2) is 0 Å². The fourth-order valence-electron chi connectivity index (χ4n) is 2.46. The summed E-state index contributed by atoms with van der Waals surface area (Å²) in [5.41, 5.74) is 3.76. The molecule has 0 bridgehead atoms. The van der Waals surface area contributed by atoms with Crippen LogP contribution in [0.25, 0.3) is 0 Å². The van der Waals surface area contributed by atoms with E-state index in [9.17, 15) is 0 Å². The van der Waals surface area contributed by atoms with Crippen molar-refractivity contribution in [3.05, 3.63) is 47.9 Å². The number of rotatable bonds is 0. The molecule has 1 heterocycles. The largest absolute Gasteiger partial charge is 0.359 e. The molecule has 1 saturated heterocycles. The van der Waals surface area contributed by atoms with Crippen molar-refractivity contribution in [1.29, 1.82) is 0 Å². The number of thiol groups is 1. The Bertz CT molecular complexity index is 450. The molecule has 1 aliphatic carbocycles. The van der Waals surface area contributed by atoms with Gasteiger partial charge in [-0.25, -0.2) is 0 Å². The van der Waals surface area contributed by atoms with E-state index in [2.05, 4.69) is 57.0 Å². The summed E-state index contributed by atoms with van der Waals surface area (Å²) in [4.78, 5) is 0. The molecule has 112 valence electrons. The average Bonchev–Trinajstić information content (AvgIpc) is 2.50. The average molecular weight is 292 g/mol. The first kappa shape index (κ1) is 17.2. The molecule has 0 spiro atoms. The molecule has 2 aliphatic rings. The van der Waals surface area contributed by atoms with E-state index >= 15 is 0 Å². The third-order valence-corrected chi connectivity index (χ3v) is 3.69. The van der Waals surface area contributed by atoms with Crippen molar-refractivity contribution < 1.29 is 0 Å². The van der Waals surface area contributed by atoms with Crippen LogP contribution in [0.5, 0.6) is 0 Å². The van der Waals surface area contributed by atoms with Gasteiger partial charge >= 0.3 is 0 Å². The minimum absolute atomic E-state index is 0.0756. The lowest BCUT2D eigenvalue weighted by Gasteiger charge is -2.26. The van der Waals surface area contributed by atoms with Gasteiger partial charge in [0.05, 0.1) is 0 Å². The summed E-state index contributed by atoms with van der Waals surface area (Å²) in [7, 11) is 0. The monoisotopic (exact) mass is 291 g/mol. The first-order valence-corrected chi connectivity index (χ1v) is 8.05. The van der Waals surface area contributed by atoms with E-state index in [1.807, 2.05) is 13.8 Å². The fraction of sp³-hybridized carbons (Fsp3) is 0.556. The second-order valence-electron chi connectivity index (χ2n) is 6.19. The molecule has 0 aromatic rings. The van der Waals surface area contributed by atoms with Crippen molar-refractivity contribution >= 4 is 12.6 Å². The molecule has 0 radical (unpaired) electrons. The molecule has 20 heavy (non-hydrogen) atoms. The number of allylic oxidation sites excluding steroid dienone is 4. The van der Waals surface area contributed by atoms with Crippen molar-refractivity contribution in [1.82, 2.24) is 5.32 Å². The summed E-state index contributed by atoms with van der Waals surface area (Å²) in [5.74, 6) is 0. The molecule has 2 rings (SSSR count). The van der Waals surface area contributed by atoms with Crippen LogP contribution in [0.3, 0.4) is 0 Å². The highest BCUT2D eigenvalue weighted by Gasteiger charge is 2.24. The van der Waals surface area contributed by atoms with Crippen LogP contribution < -0.4 is 5.32 Å². The Balaban J connectivity index is 0.000000956. The van der Waals surface area contributed by atoms with E-state index in [0.717, 1.165) is 25.0 Å². The lowest BCUT2D eigenvalue weighted by molar-refractivity contribution is 0.609. The van der Waals surface area contributed by atoms with Crippen molar-refractivity contribution in [2.45, 2.75) is 58.6 Å². The van der Waals surface area contributed by atoms with Crippen molar-refractivity contribution in [3.63, 3.8) is 0 Å². The first-order valence-electron chi connectivity index (χ1n) is 7.60. The Hall–Kier alpha value is -0.890. The summed E-state index contributed by atoms with van der Waals surface area (Å²) >= 11 is 4.73. The summed E-state index contributed by atoms with van der Waals surface area (Å²) in [6.45, 7) is 14.7. The van der Waals surface area contributed by atoms with Gasteiger partial charge in [0.25, 0.3) is 0 Å². The van der Waals surface area contributed by atoms with Gasteiger partial charge in [-0.05, 0) is 37.8 Å². The summed E-state index contributed by atoms with van der Waals surface area (Å²) in [5, 5.41) is 3.46. The van der Waals surface area contributed by atoms with Gasteiger partial charge in [-0.1, -0.05) is 52.5 Å². The number of hydrogen-bond acceptors (Lipinski definition) is 2. The van der Waals surface area contributed by atoms with Gasteiger partial charge in [0.2, 0.25) is 0 Å². The van der Waals surface area contributed by atoms with Gasteiger partial charge in [-0.3, -0.25) is 0 Å². The standard InChI is InChI=1S/C16H23NS.C2H6/c1-12-6-5-7-13-10-15(2,3)8-9-16(4,18)11-14(13)17-12;1-2/h8-11,17-18H,1,5-7H2,2-4H3;1-2H3/b9-8-,13-10-,14-11+;. The second-order valence-corrected chi connectivity index (χ2v) is 7.15. The van der Waals surface area contributed by atoms with Gasteiger partial charge < -0.3 is 5.32 Å². The van der Waals surface area contributed by atoms with Crippen molar-refractivity contribution in [3.8, 4) is 0 Å². The van der Waals surface area contributed by atoms with Gasteiger partial charge in [0.1, 0.15) is 0 Å². The summed E-state index contributed by atoms with van der Waals surface area (Å²) in [6.07, 6.45) is 12.3. The molecule has 1 unspecified atom stereocenters. The van der Waals surface area contributed by atoms with Gasteiger partial charge in [-0.2, -0.15) is 12.6 Å². The maximum Gasteiger partial charge on any atom is 0.0483 e. The van der Waals surface area contributed by atoms with Crippen LogP contribution in [0.2, 0.25) is 0 Å². The van der Waals surface area contributed by atoms with Crippen LogP contribution >= 0.6 is 12.6 Å². The van der Waals surface area contributed by atoms with E-state index in [-0.39, 0.29) is 10.2 Å². The third-order valence-electron chi connectivity index (χ3n) is 3.42. The Labute approximate surface area is 130 Å². The molecule has 0 saturated carbocycles. The molecule has 2 heteroatoms. The maximum absolute atomic E-state index is 4.73. The molecule has 0 aromatic heterocycles. The maximum atomic E-state index is 4.73. The Morgan fingerprint density at radius 3 is 2.40 bits per heavy atom. The van der Waals surface area contributed by atoms with E-state index in [1.54, 1.807) is 0 Å². The van der Waals surface area contributed by atoms with Crippen LogP contribution in [0.4, 0.5) is 0 Å². The topological polar surface area (TPSA) is 12.0 Å². The zero-order chi connectivity index (χ0) is 15.4. The predicted molar refractivity (Wildman–Crippen MR) is 94.0 cm³/mol. The van der Waals surface area contributed by atoms with Crippen molar-refractivity contribution in [2.24, 2.45) is 5.41 Å². The molecule has 0 amide bonds. The highest BCUT2D eigenvalue weighted by Crippen LogP contribution is 2.34. The Kier molecular flexibility index (Phi) is 5.76. The van der Waals surface area contributed by atoms with Crippen LogP contribution in [0, 0.1) is 5.41 Å². The molecular weight excluding hydrogens is 262 g/mol. The molecule has 1 fully saturated rings. The van der Waals surface area contributed by atoms with E-state index in [1.165, 1.54) is 11.3 Å². The lowest BCUT2D eigenvalue weighted by atomic mass is 9.85. The molecular formula is C18H29NS. The zero-order valence-electron chi connectivity index (χ0n) is 13.6. The van der Waals surface area contributed by atoms with Crippen LogP contribution in [0.1, 0.15) is 53.9 Å². The van der Waals surface area contributed by atoms with Crippen LogP contribution in [-0.2, 0) is 0 Å². The third kappa shape index (κ3) is 4.90. The van der Waals surface area contributed by atoms with Crippen LogP contribution in [-0.4, -0.2) is 4.75 Å². The smallest absolute Gasteiger partial charge is 0.0483 e. The normalized spacial score (nSPS) is 35.2. The SMILES string of the molecule is C=C1CCCC2=C/C(C)(C)/C=C\C(C)(S)/C=C\2N1.CC. The van der Waals surface area contributed by atoms with Crippen LogP contribution in [0.15, 0.2) is 47.9 Å².